The number of ether oxygens (including phenoxy) is 1. The Kier molecular flexibility index (Phi) is 2.07. The molecule has 2 nitrogen and oxygen atoms in total. The molecule has 0 bridgehead atoms. The van der Waals surface area contributed by atoms with Crippen molar-refractivity contribution >= 4 is 5.97 Å². The van der Waals surface area contributed by atoms with E-state index in [1.165, 1.54) is 32.1 Å². The zero-order chi connectivity index (χ0) is 8.55. The van der Waals surface area contributed by atoms with Crippen LogP contribution in [-0.2, 0) is 9.53 Å². The third kappa shape index (κ3) is 1.23. The Hall–Kier alpha value is -0.530. The molecule has 1 saturated heterocycles. The lowest BCUT2D eigenvalue weighted by atomic mass is 9.78. The number of esters is 1. The summed E-state index contributed by atoms with van der Waals surface area (Å²) in [6, 6.07) is 0. The Bertz CT molecular complexity index is 182. The fourth-order valence-corrected chi connectivity index (χ4v) is 2.37. The summed E-state index contributed by atoms with van der Waals surface area (Å²) in [4.78, 5) is 10.9. The quantitative estimate of drug-likeness (QED) is 0.561. The first-order chi connectivity index (χ1) is 5.79. The predicted molar refractivity (Wildman–Crippen MR) is 45.6 cm³/mol. The van der Waals surface area contributed by atoms with Crippen molar-refractivity contribution in [3.05, 3.63) is 0 Å². The molecule has 0 N–H and O–H groups in total. The smallest absolute Gasteiger partial charge is 0.312 e. The van der Waals surface area contributed by atoms with Gasteiger partial charge in [-0.2, -0.15) is 0 Å². The van der Waals surface area contributed by atoms with Crippen LogP contribution in [-0.4, -0.2) is 12.1 Å². The van der Waals surface area contributed by atoms with Crippen LogP contribution < -0.4 is 0 Å². The molecule has 2 rings (SSSR count). The molecule has 0 radical (unpaired) electrons. The van der Waals surface area contributed by atoms with Crippen LogP contribution in [0.3, 0.4) is 0 Å². The summed E-state index contributed by atoms with van der Waals surface area (Å²) in [5, 5.41) is 0. The molecular weight excluding hydrogens is 152 g/mol. The second kappa shape index (κ2) is 3.08. The summed E-state index contributed by atoms with van der Waals surface area (Å²) >= 11 is 0. The van der Waals surface area contributed by atoms with Crippen LogP contribution in [0.4, 0.5) is 0 Å². The van der Waals surface area contributed by atoms with Gasteiger partial charge in [0.25, 0.3) is 0 Å². The first-order valence-corrected chi connectivity index (χ1v) is 4.99. The van der Waals surface area contributed by atoms with Crippen molar-refractivity contribution in [2.75, 3.05) is 0 Å². The minimum atomic E-state index is 0.00516. The zero-order valence-corrected chi connectivity index (χ0v) is 7.58. The van der Waals surface area contributed by atoms with Gasteiger partial charge in [-0.15, -0.1) is 0 Å². The minimum Gasteiger partial charge on any atom is -0.461 e. The molecule has 0 spiro atoms. The Morgan fingerprint density at radius 1 is 1.25 bits per heavy atom. The topological polar surface area (TPSA) is 26.3 Å². The van der Waals surface area contributed by atoms with Crippen molar-refractivity contribution in [2.24, 2.45) is 11.8 Å². The second-order valence-electron chi connectivity index (χ2n) is 4.09. The monoisotopic (exact) mass is 168 g/mol. The van der Waals surface area contributed by atoms with Crippen LogP contribution in [0.15, 0.2) is 0 Å². The van der Waals surface area contributed by atoms with Gasteiger partial charge in [0.2, 0.25) is 0 Å². The summed E-state index contributed by atoms with van der Waals surface area (Å²) in [5.41, 5.74) is 0. The summed E-state index contributed by atoms with van der Waals surface area (Å²) in [7, 11) is 0. The molecule has 1 aliphatic heterocycles. The van der Waals surface area contributed by atoms with E-state index >= 15 is 0 Å². The Balaban J connectivity index is 1.88. The second-order valence-corrected chi connectivity index (χ2v) is 4.09. The van der Waals surface area contributed by atoms with Gasteiger partial charge in [0.05, 0.1) is 5.92 Å². The number of cyclic esters (lactones) is 1. The van der Waals surface area contributed by atoms with Crippen molar-refractivity contribution in [3.8, 4) is 0 Å². The highest BCUT2D eigenvalue weighted by atomic mass is 16.6. The summed E-state index contributed by atoms with van der Waals surface area (Å²) in [5.74, 6) is 0.852. The highest BCUT2D eigenvalue weighted by Gasteiger charge is 2.43. The van der Waals surface area contributed by atoms with Crippen molar-refractivity contribution in [1.82, 2.24) is 0 Å². The van der Waals surface area contributed by atoms with Crippen molar-refractivity contribution in [3.63, 3.8) is 0 Å². The number of rotatable bonds is 1. The Labute approximate surface area is 73.3 Å². The highest BCUT2D eigenvalue weighted by molar-refractivity contribution is 5.78. The maximum atomic E-state index is 10.9. The molecule has 68 valence electrons. The molecule has 0 aromatic rings. The van der Waals surface area contributed by atoms with Gasteiger partial charge in [-0.05, 0) is 25.7 Å². The molecule has 2 atom stereocenters. The minimum absolute atomic E-state index is 0.00516. The fraction of sp³-hybridized carbons (Fsp3) is 0.900. The molecular formula is C10H16O2. The maximum Gasteiger partial charge on any atom is 0.312 e. The number of hydrogen-bond donors (Lipinski definition) is 0. The third-order valence-electron chi connectivity index (χ3n) is 3.23. The summed E-state index contributed by atoms with van der Waals surface area (Å²) in [6.07, 6.45) is 6.81. The summed E-state index contributed by atoms with van der Waals surface area (Å²) in [6.45, 7) is 1.99. The molecule has 0 aromatic carbocycles. The third-order valence-corrected chi connectivity index (χ3v) is 3.23. The van der Waals surface area contributed by atoms with E-state index in [2.05, 4.69) is 0 Å². The van der Waals surface area contributed by atoms with Crippen LogP contribution in [0.5, 0.6) is 0 Å². The van der Waals surface area contributed by atoms with E-state index in [0.29, 0.717) is 5.92 Å². The average molecular weight is 168 g/mol. The maximum absolute atomic E-state index is 10.9. The largest absolute Gasteiger partial charge is 0.461 e. The lowest BCUT2D eigenvalue weighted by Gasteiger charge is -2.40. The fourth-order valence-electron chi connectivity index (χ4n) is 2.37. The van der Waals surface area contributed by atoms with Crippen LogP contribution in [0.25, 0.3) is 0 Å². The average Bonchev–Trinajstić information content (AvgIpc) is 2.15. The Morgan fingerprint density at radius 2 is 1.92 bits per heavy atom. The molecule has 2 heteroatoms. The molecule has 2 aliphatic rings. The van der Waals surface area contributed by atoms with Gasteiger partial charge < -0.3 is 4.74 Å². The SMILES string of the molecule is C[C@@H]1C(=O)O[C@@H]1C1CCCCC1. The number of carbonyl (C=O) groups excluding carboxylic acids is 1. The first kappa shape index (κ1) is 8.09. The molecule has 0 amide bonds. The lowest BCUT2D eigenvalue weighted by Crippen LogP contribution is -2.48. The van der Waals surface area contributed by atoms with E-state index in [9.17, 15) is 4.79 Å². The molecule has 2 fully saturated rings. The van der Waals surface area contributed by atoms with Gasteiger partial charge in [-0.1, -0.05) is 19.3 Å². The molecule has 0 unspecified atom stereocenters. The van der Waals surface area contributed by atoms with E-state index in [4.69, 9.17) is 4.74 Å². The predicted octanol–water partition coefficient (Wildman–Crippen LogP) is 2.13. The van der Waals surface area contributed by atoms with Crippen LogP contribution in [0, 0.1) is 11.8 Å². The summed E-state index contributed by atoms with van der Waals surface area (Å²) < 4.78 is 5.15. The van der Waals surface area contributed by atoms with Gasteiger partial charge in [-0.3, -0.25) is 4.79 Å². The van der Waals surface area contributed by atoms with Crippen LogP contribution in [0.1, 0.15) is 39.0 Å². The number of carbonyl (C=O) groups is 1. The van der Waals surface area contributed by atoms with E-state index in [0.717, 1.165) is 0 Å². The standard InChI is InChI=1S/C10H16O2/c1-7-9(12-10(7)11)8-5-3-2-4-6-8/h7-9H,2-6H2,1H3/t7-,9-/m0/s1. The van der Waals surface area contributed by atoms with E-state index in [-0.39, 0.29) is 18.0 Å². The normalized spacial score (nSPS) is 37.2. The molecule has 0 aromatic heterocycles. The Morgan fingerprint density at radius 3 is 2.42 bits per heavy atom. The first-order valence-electron chi connectivity index (χ1n) is 4.99. The molecule has 1 aliphatic carbocycles. The van der Waals surface area contributed by atoms with Crippen molar-refractivity contribution < 1.29 is 9.53 Å². The van der Waals surface area contributed by atoms with Crippen molar-refractivity contribution in [2.45, 2.75) is 45.1 Å². The van der Waals surface area contributed by atoms with Gasteiger partial charge in [0.1, 0.15) is 6.10 Å². The van der Waals surface area contributed by atoms with Crippen LogP contribution >= 0.6 is 0 Å². The number of hydrogen-bond acceptors (Lipinski definition) is 2. The van der Waals surface area contributed by atoms with Gasteiger partial charge in [0, 0.05) is 0 Å². The van der Waals surface area contributed by atoms with E-state index < -0.39 is 0 Å². The van der Waals surface area contributed by atoms with Gasteiger partial charge in [0.15, 0.2) is 0 Å². The zero-order valence-electron chi connectivity index (χ0n) is 7.58. The highest BCUT2D eigenvalue weighted by Crippen LogP contribution is 2.36. The lowest BCUT2D eigenvalue weighted by molar-refractivity contribution is -0.190. The molecule has 12 heavy (non-hydrogen) atoms. The van der Waals surface area contributed by atoms with E-state index in [1.54, 1.807) is 0 Å². The van der Waals surface area contributed by atoms with Gasteiger partial charge in [-0.25, -0.2) is 0 Å². The van der Waals surface area contributed by atoms with E-state index in [1.807, 2.05) is 6.92 Å². The molecule has 1 heterocycles. The molecule has 1 saturated carbocycles. The van der Waals surface area contributed by atoms with Crippen LogP contribution in [0.2, 0.25) is 0 Å². The van der Waals surface area contributed by atoms with Gasteiger partial charge >= 0.3 is 5.97 Å². The van der Waals surface area contributed by atoms with Crippen molar-refractivity contribution in [1.29, 1.82) is 0 Å².